The summed E-state index contributed by atoms with van der Waals surface area (Å²) >= 11 is 0. The summed E-state index contributed by atoms with van der Waals surface area (Å²) in [6.45, 7) is 9.61. The summed E-state index contributed by atoms with van der Waals surface area (Å²) in [6, 6.07) is 10.7. The molecule has 2 aliphatic carbocycles. The maximum atomic E-state index is 13.4. The van der Waals surface area contributed by atoms with E-state index in [0.29, 0.717) is 18.4 Å². The fourth-order valence-corrected chi connectivity index (χ4v) is 8.13. The minimum absolute atomic E-state index is 0.00408. The first-order valence-electron chi connectivity index (χ1n) is 14.3. The van der Waals surface area contributed by atoms with Crippen molar-refractivity contribution in [3.8, 4) is 17.1 Å². The number of hydrogen-bond acceptors (Lipinski definition) is 10. The van der Waals surface area contributed by atoms with Crippen molar-refractivity contribution in [2.75, 3.05) is 6.61 Å². The summed E-state index contributed by atoms with van der Waals surface area (Å²) in [5, 5.41) is 12.1. The van der Waals surface area contributed by atoms with Gasteiger partial charge in [-0.25, -0.2) is 4.79 Å². The Labute approximate surface area is 244 Å². The second-order valence-electron chi connectivity index (χ2n) is 12.6. The number of rotatable bonds is 5. The van der Waals surface area contributed by atoms with Crippen molar-refractivity contribution in [3.63, 3.8) is 0 Å². The summed E-state index contributed by atoms with van der Waals surface area (Å²) in [5.41, 5.74) is -2.90. The third-order valence-corrected chi connectivity index (χ3v) is 9.84. The smallest absolute Gasteiger partial charge is 0.345 e. The molecule has 10 heteroatoms. The number of carbonyl (C=O) groups is 3. The first kappa shape index (κ1) is 29.8. The number of esters is 3. The fourth-order valence-electron chi connectivity index (χ4n) is 8.13. The molecule has 4 unspecified atom stereocenters. The minimum Gasteiger partial charge on any atom is -0.482 e. The Balaban J connectivity index is 1.66. The molecule has 5 rings (SSSR count). The van der Waals surface area contributed by atoms with Crippen LogP contribution >= 0.6 is 0 Å². The van der Waals surface area contributed by atoms with Crippen LogP contribution in [0.25, 0.3) is 11.3 Å². The van der Waals surface area contributed by atoms with E-state index in [0.717, 1.165) is 0 Å². The molecule has 226 valence electrons. The molecule has 0 amide bonds. The normalized spacial score (nSPS) is 35.0. The molecule has 2 heterocycles. The SMILES string of the molecule is CC(=O)OCC1(C)C(OC(C)=O)CC[C@]2(C)[C@H]3C(O)c4c(cc(-c5ccccc5)oc4=O)O[C@]3(C)C(OC(C)=O)C[C@@H]12. The maximum Gasteiger partial charge on any atom is 0.345 e. The van der Waals surface area contributed by atoms with Crippen molar-refractivity contribution in [1.82, 2.24) is 0 Å². The molecule has 1 aromatic carbocycles. The predicted molar refractivity (Wildman–Crippen MR) is 149 cm³/mol. The van der Waals surface area contributed by atoms with Crippen molar-refractivity contribution < 1.29 is 42.9 Å². The van der Waals surface area contributed by atoms with Crippen molar-refractivity contribution in [1.29, 1.82) is 0 Å². The van der Waals surface area contributed by atoms with Gasteiger partial charge in [-0.15, -0.1) is 0 Å². The average Bonchev–Trinajstić information content (AvgIpc) is 2.90. The number of ether oxygens (including phenoxy) is 4. The van der Waals surface area contributed by atoms with E-state index in [9.17, 15) is 24.3 Å². The maximum absolute atomic E-state index is 13.4. The van der Waals surface area contributed by atoms with Crippen LogP contribution in [-0.4, -0.2) is 47.4 Å². The van der Waals surface area contributed by atoms with Gasteiger partial charge in [0.25, 0.3) is 0 Å². The molecule has 0 spiro atoms. The number of hydrogen-bond donors (Lipinski definition) is 1. The number of fused-ring (bicyclic) bond motifs is 4. The van der Waals surface area contributed by atoms with Crippen LogP contribution < -0.4 is 10.4 Å². The molecule has 1 N–H and O–H groups in total. The molecule has 0 saturated heterocycles. The monoisotopic (exact) mass is 582 g/mol. The highest BCUT2D eigenvalue weighted by Crippen LogP contribution is 2.67. The standard InChI is InChI=1S/C32H38O10/c1-17(33)38-16-31(5)23-15-25(40-19(3)35)32(6)28(30(23,4)13-12-24(31)39-18(2)34)27(36)26-22(42-32)14-21(41-29(26)37)20-10-8-7-9-11-20/h7-11,14,23-25,27-28,36H,12-13,15-16H2,1-6H3/t23-,24?,25?,27?,28-,30+,31?,32-/m1/s1. The van der Waals surface area contributed by atoms with Crippen molar-refractivity contribution in [3.05, 3.63) is 52.4 Å². The first-order chi connectivity index (χ1) is 19.7. The third kappa shape index (κ3) is 4.79. The Bertz CT molecular complexity index is 1450. The van der Waals surface area contributed by atoms with Crippen LogP contribution in [0.15, 0.2) is 45.6 Å². The lowest BCUT2D eigenvalue weighted by Gasteiger charge is -2.66. The molecule has 8 atom stereocenters. The lowest BCUT2D eigenvalue weighted by molar-refractivity contribution is -0.270. The van der Waals surface area contributed by atoms with Crippen LogP contribution in [-0.2, 0) is 28.6 Å². The summed E-state index contributed by atoms with van der Waals surface area (Å²) in [5.74, 6) is -2.12. The van der Waals surface area contributed by atoms with E-state index in [1.165, 1.54) is 20.8 Å². The molecule has 2 fully saturated rings. The highest BCUT2D eigenvalue weighted by Gasteiger charge is 2.70. The van der Waals surface area contributed by atoms with Crippen LogP contribution in [0.1, 0.15) is 72.5 Å². The fraction of sp³-hybridized carbons (Fsp3) is 0.562. The number of carbonyl (C=O) groups excluding carboxylic acids is 3. The predicted octanol–water partition coefficient (Wildman–Crippen LogP) is 4.36. The van der Waals surface area contributed by atoms with Gasteiger partial charge in [0.15, 0.2) is 0 Å². The van der Waals surface area contributed by atoms with Crippen molar-refractivity contribution in [2.24, 2.45) is 22.7 Å². The Morgan fingerprint density at radius 3 is 2.24 bits per heavy atom. The van der Waals surface area contributed by atoms with Gasteiger partial charge < -0.3 is 28.5 Å². The van der Waals surface area contributed by atoms with E-state index in [-0.39, 0.29) is 36.0 Å². The Kier molecular flexibility index (Phi) is 7.50. The van der Waals surface area contributed by atoms with E-state index < -0.39 is 64.2 Å². The second kappa shape index (κ2) is 10.6. The number of benzene rings is 1. The molecule has 10 nitrogen and oxygen atoms in total. The molecule has 42 heavy (non-hydrogen) atoms. The molecule has 3 aliphatic rings. The molecule has 1 aromatic heterocycles. The topological polar surface area (TPSA) is 139 Å². The van der Waals surface area contributed by atoms with Gasteiger partial charge >= 0.3 is 23.5 Å². The summed E-state index contributed by atoms with van der Waals surface area (Å²) in [7, 11) is 0. The van der Waals surface area contributed by atoms with E-state index in [4.69, 9.17) is 23.4 Å². The van der Waals surface area contributed by atoms with Crippen LogP contribution in [0.5, 0.6) is 5.75 Å². The average molecular weight is 583 g/mol. The van der Waals surface area contributed by atoms with Gasteiger partial charge in [-0.2, -0.15) is 0 Å². The number of aliphatic hydroxyl groups excluding tert-OH is 1. The largest absolute Gasteiger partial charge is 0.482 e. The van der Waals surface area contributed by atoms with Gasteiger partial charge in [0.1, 0.15) is 41.5 Å². The molecule has 0 bridgehead atoms. The zero-order chi connectivity index (χ0) is 30.6. The van der Waals surface area contributed by atoms with Crippen LogP contribution in [0.3, 0.4) is 0 Å². The van der Waals surface area contributed by atoms with Gasteiger partial charge in [0.05, 0.1) is 6.10 Å². The summed E-state index contributed by atoms with van der Waals surface area (Å²) in [4.78, 5) is 49.9. The lowest BCUT2D eigenvalue weighted by atomic mass is 9.42. The molecular formula is C32H38O10. The Morgan fingerprint density at radius 1 is 0.976 bits per heavy atom. The van der Waals surface area contributed by atoms with Gasteiger partial charge in [0.2, 0.25) is 0 Å². The zero-order valence-electron chi connectivity index (χ0n) is 24.8. The van der Waals surface area contributed by atoms with E-state index >= 15 is 0 Å². The van der Waals surface area contributed by atoms with Gasteiger partial charge in [-0.1, -0.05) is 44.2 Å². The van der Waals surface area contributed by atoms with Gasteiger partial charge in [-0.3, -0.25) is 14.4 Å². The van der Waals surface area contributed by atoms with Crippen LogP contribution in [0, 0.1) is 22.7 Å². The molecule has 2 aromatic rings. The van der Waals surface area contributed by atoms with Gasteiger partial charge in [-0.05, 0) is 37.5 Å². The van der Waals surface area contributed by atoms with Gasteiger partial charge in [0, 0.05) is 43.7 Å². The first-order valence-corrected chi connectivity index (χ1v) is 14.3. The molecule has 0 radical (unpaired) electrons. The summed E-state index contributed by atoms with van der Waals surface area (Å²) < 4.78 is 29.5. The zero-order valence-corrected chi connectivity index (χ0v) is 24.8. The third-order valence-electron chi connectivity index (χ3n) is 9.84. The quantitative estimate of drug-likeness (QED) is 0.400. The number of aliphatic hydroxyl groups is 1. The molecular weight excluding hydrogens is 544 g/mol. The summed E-state index contributed by atoms with van der Waals surface area (Å²) in [6.07, 6.45) is -1.55. The van der Waals surface area contributed by atoms with E-state index in [1.54, 1.807) is 25.1 Å². The highest BCUT2D eigenvalue weighted by molar-refractivity contribution is 5.67. The van der Waals surface area contributed by atoms with E-state index in [1.807, 2.05) is 32.0 Å². The molecule has 1 aliphatic heterocycles. The van der Waals surface area contributed by atoms with Crippen molar-refractivity contribution in [2.45, 2.75) is 84.7 Å². The molecule has 2 saturated carbocycles. The lowest BCUT2D eigenvalue weighted by Crippen LogP contribution is -2.71. The van der Waals surface area contributed by atoms with Crippen molar-refractivity contribution >= 4 is 17.9 Å². The minimum atomic E-state index is -1.33. The Hall–Kier alpha value is -3.66. The second-order valence-corrected chi connectivity index (χ2v) is 12.6. The van der Waals surface area contributed by atoms with Crippen LogP contribution in [0.2, 0.25) is 0 Å². The highest BCUT2D eigenvalue weighted by atomic mass is 16.6. The van der Waals surface area contributed by atoms with E-state index in [2.05, 4.69) is 0 Å². The van der Waals surface area contributed by atoms with Crippen LogP contribution in [0.4, 0.5) is 0 Å². The Morgan fingerprint density at radius 2 is 1.62 bits per heavy atom.